The van der Waals surface area contributed by atoms with Gasteiger partial charge < -0.3 is 20.1 Å². The predicted molar refractivity (Wildman–Crippen MR) is 185 cm³/mol. The first-order chi connectivity index (χ1) is 22.1. The van der Waals surface area contributed by atoms with Crippen molar-refractivity contribution in [2.75, 3.05) is 0 Å². The number of fused-ring (bicyclic) bond motifs is 7. The largest absolute Gasteiger partial charge is 0.462 e. The van der Waals surface area contributed by atoms with E-state index in [0.29, 0.717) is 31.1 Å². The van der Waals surface area contributed by atoms with Gasteiger partial charge in [0.1, 0.15) is 17.2 Å². The fraction of sp³-hybridized carbons (Fsp3) is 0.850. The number of hydrogen-bond donors (Lipinski definition) is 2. The predicted octanol–water partition coefficient (Wildman–Crippen LogP) is 7.82. The first-order valence-electron chi connectivity index (χ1n) is 18.8. The van der Waals surface area contributed by atoms with Gasteiger partial charge in [0.15, 0.2) is 5.78 Å². The van der Waals surface area contributed by atoms with Gasteiger partial charge in [0.25, 0.3) is 0 Å². The van der Waals surface area contributed by atoms with Gasteiger partial charge in [0.2, 0.25) is 5.91 Å². The molecule has 0 saturated heterocycles. The molecular formula is C40H62N2O6. The number of ether oxygens (including phenoxy) is 2. The number of hydrogen-bond acceptors (Lipinski definition) is 6. The van der Waals surface area contributed by atoms with Crippen molar-refractivity contribution in [2.24, 2.45) is 45.3 Å². The van der Waals surface area contributed by atoms with Crippen molar-refractivity contribution >= 4 is 23.8 Å². The molecule has 0 radical (unpaired) electrons. The Labute approximate surface area is 288 Å². The van der Waals surface area contributed by atoms with Gasteiger partial charge in [-0.05, 0) is 136 Å². The normalized spacial score (nSPS) is 41.0. The summed E-state index contributed by atoms with van der Waals surface area (Å²) in [6.07, 6.45) is 8.75. The average molecular weight is 667 g/mol. The number of carbonyl (C=O) groups is 4. The van der Waals surface area contributed by atoms with Crippen LogP contribution < -0.4 is 10.6 Å². The summed E-state index contributed by atoms with van der Waals surface area (Å²) < 4.78 is 11.4. The summed E-state index contributed by atoms with van der Waals surface area (Å²) in [6.45, 7) is 23.5. The van der Waals surface area contributed by atoms with Gasteiger partial charge in [-0.25, -0.2) is 4.79 Å². The lowest BCUT2D eigenvalue weighted by Gasteiger charge is -2.72. The number of amides is 2. The van der Waals surface area contributed by atoms with Gasteiger partial charge in [-0.1, -0.05) is 48.5 Å². The molecule has 0 aromatic carbocycles. The summed E-state index contributed by atoms with van der Waals surface area (Å²) in [5, 5.41) is 6.36. The highest BCUT2D eigenvalue weighted by molar-refractivity contribution is 6.03. The first kappa shape index (κ1) is 35.4. The lowest BCUT2D eigenvalue weighted by Crippen LogP contribution is -2.68. The zero-order valence-corrected chi connectivity index (χ0v) is 31.6. The Bertz CT molecular complexity index is 1430. The van der Waals surface area contributed by atoms with E-state index in [4.69, 9.17) is 9.47 Å². The van der Waals surface area contributed by atoms with Gasteiger partial charge in [0.05, 0.1) is 5.54 Å². The van der Waals surface area contributed by atoms with Crippen molar-refractivity contribution in [3.8, 4) is 0 Å². The highest BCUT2D eigenvalue weighted by Crippen LogP contribution is 2.76. The maximum Gasteiger partial charge on any atom is 0.408 e. The molecule has 0 aromatic heterocycles. The number of alkyl carbamates (subject to hydrolysis) is 1. The summed E-state index contributed by atoms with van der Waals surface area (Å²) in [7, 11) is 0. The summed E-state index contributed by atoms with van der Waals surface area (Å²) >= 11 is 0. The molecule has 0 aromatic rings. The summed E-state index contributed by atoms with van der Waals surface area (Å²) in [5.41, 5.74) is -0.147. The third-order valence-electron chi connectivity index (χ3n) is 15.0. The fourth-order valence-electron chi connectivity index (χ4n) is 12.5. The van der Waals surface area contributed by atoms with Crippen LogP contribution in [-0.2, 0) is 23.9 Å². The second-order valence-electron chi connectivity index (χ2n) is 19.4. The van der Waals surface area contributed by atoms with Crippen molar-refractivity contribution < 1.29 is 28.7 Å². The molecule has 0 aliphatic heterocycles. The summed E-state index contributed by atoms with van der Waals surface area (Å²) in [6, 6.07) is 0. The number of esters is 1. The molecule has 0 bridgehead atoms. The van der Waals surface area contributed by atoms with Crippen LogP contribution in [0.4, 0.5) is 4.79 Å². The fourth-order valence-corrected chi connectivity index (χ4v) is 12.5. The number of carbonyl (C=O) groups excluding carboxylic acids is 4. The van der Waals surface area contributed by atoms with E-state index in [-0.39, 0.29) is 57.3 Å². The number of rotatable bonds is 5. The third-order valence-corrected chi connectivity index (χ3v) is 15.0. The Morgan fingerprint density at radius 3 is 2.06 bits per heavy atom. The average Bonchev–Trinajstić information content (AvgIpc) is 3.65. The second kappa shape index (κ2) is 11.1. The van der Waals surface area contributed by atoms with Gasteiger partial charge in [-0.3, -0.25) is 14.4 Å². The van der Waals surface area contributed by atoms with Crippen molar-refractivity contribution in [1.82, 2.24) is 10.6 Å². The minimum Gasteiger partial charge on any atom is -0.462 e. The number of allylic oxidation sites excluding steroid dienone is 1. The van der Waals surface area contributed by atoms with E-state index in [1.165, 1.54) is 12.5 Å². The molecule has 0 spiro atoms. The quantitative estimate of drug-likeness (QED) is 0.290. The van der Waals surface area contributed by atoms with E-state index in [1.807, 2.05) is 20.8 Å². The minimum absolute atomic E-state index is 0.0267. The van der Waals surface area contributed by atoms with Gasteiger partial charge in [-0.15, -0.1) is 0 Å². The highest BCUT2D eigenvalue weighted by Gasteiger charge is 2.70. The van der Waals surface area contributed by atoms with Crippen LogP contribution in [0.2, 0.25) is 0 Å². The molecule has 0 unspecified atom stereocenters. The number of ketones is 1. The van der Waals surface area contributed by atoms with E-state index in [9.17, 15) is 19.2 Å². The van der Waals surface area contributed by atoms with Crippen LogP contribution in [0.3, 0.4) is 0 Å². The van der Waals surface area contributed by atoms with Crippen LogP contribution in [0, 0.1) is 45.3 Å². The maximum absolute atomic E-state index is 14.2. The lowest BCUT2D eigenvalue weighted by atomic mass is 9.33. The molecule has 8 nitrogen and oxygen atoms in total. The standard InChI is InChI=1S/C40H62N2O6/c1-23(2)30-26(44)22-40(41-32(45)39(20-21-39)42-33(46)48-34(4,5)6)19-18-37(10)25(31(30)40)12-13-28-36(9)16-15-29(47-24(3)43)35(7,8)27(36)14-17-38(28,37)11/h23,25,27-29H,12-22H2,1-11H3,(H,41,45)(H,42,46)/t25-,27+,28-,29+,36+,37-,38-,40-/m1/s1. The third kappa shape index (κ3) is 5.18. The summed E-state index contributed by atoms with van der Waals surface area (Å²) in [5.74, 6) is 1.06. The van der Waals surface area contributed by atoms with Gasteiger partial charge >= 0.3 is 12.1 Å². The number of nitrogens with one attached hydrogen (secondary N) is 2. The van der Waals surface area contributed by atoms with Gasteiger partial charge in [0, 0.05) is 18.8 Å². The molecule has 8 atom stereocenters. The second-order valence-corrected chi connectivity index (χ2v) is 19.4. The Balaban J connectivity index is 1.32. The molecule has 268 valence electrons. The van der Waals surface area contributed by atoms with Crippen molar-refractivity contribution in [2.45, 2.75) is 170 Å². The first-order valence-corrected chi connectivity index (χ1v) is 18.8. The molecular weight excluding hydrogens is 604 g/mol. The van der Waals surface area contributed by atoms with Crippen LogP contribution >= 0.6 is 0 Å². The highest BCUT2D eigenvalue weighted by atomic mass is 16.6. The lowest BCUT2D eigenvalue weighted by molar-refractivity contribution is -0.231. The maximum atomic E-state index is 14.2. The zero-order valence-electron chi connectivity index (χ0n) is 31.6. The van der Waals surface area contributed by atoms with Crippen molar-refractivity contribution in [3.63, 3.8) is 0 Å². The summed E-state index contributed by atoms with van der Waals surface area (Å²) in [4.78, 5) is 53.0. The van der Waals surface area contributed by atoms with Gasteiger partial charge in [-0.2, -0.15) is 0 Å². The molecule has 2 amide bonds. The SMILES string of the molecule is CC(=O)O[C@H]1CC[C@]2(C)[C@H]3CC[C@@H]4C5=C(C(C)C)C(=O)C[C@]5(NC(=O)C5(NC(=O)OC(C)(C)C)CC5)CC[C@@]4(C)[C@]3(C)CC[C@H]2C1(C)C. The molecule has 48 heavy (non-hydrogen) atoms. The van der Waals surface area contributed by atoms with E-state index >= 15 is 0 Å². The Morgan fingerprint density at radius 1 is 0.812 bits per heavy atom. The molecule has 6 aliphatic carbocycles. The van der Waals surface area contributed by atoms with Crippen LogP contribution in [0.15, 0.2) is 11.1 Å². The molecule has 8 heteroatoms. The van der Waals surface area contributed by atoms with E-state index in [0.717, 1.165) is 56.9 Å². The minimum atomic E-state index is -0.985. The van der Waals surface area contributed by atoms with E-state index in [1.54, 1.807) is 0 Å². The molecule has 5 fully saturated rings. The van der Waals surface area contributed by atoms with Crippen molar-refractivity contribution in [1.29, 1.82) is 0 Å². The molecule has 0 heterocycles. The zero-order chi connectivity index (χ0) is 35.5. The van der Waals surface area contributed by atoms with Crippen LogP contribution in [0.1, 0.15) is 147 Å². The molecule has 6 rings (SSSR count). The van der Waals surface area contributed by atoms with Crippen molar-refractivity contribution in [3.05, 3.63) is 11.1 Å². The molecule has 6 aliphatic rings. The Morgan fingerprint density at radius 2 is 1.48 bits per heavy atom. The van der Waals surface area contributed by atoms with Crippen LogP contribution in [-0.4, -0.2) is 46.5 Å². The molecule has 5 saturated carbocycles. The Hall–Kier alpha value is -2.38. The number of Topliss-reactive ketones (excluding diaryl/α,β-unsaturated/α-hetero) is 1. The Kier molecular flexibility index (Phi) is 8.17. The molecule has 2 N–H and O–H groups in total. The van der Waals surface area contributed by atoms with E-state index in [2.05, 4.69) is 59.1 Å². The monoisotopic (exact) mass is 666 g/mol. The van der Waals surface area contributed by atoms with Crippen LogP contribution in [0.25, 0.3) is 0 Å². The van der Waals surface area contributed by atoms with Crippen LogP contribution in [0.5, 0.6) is 0 Å². The topological polar surface area (TPSA) is 111 Å². The smallest absolute Gasteiger partial charge is 0.408 e. The van der Waals surface area contributed by atoms with E-state index < -0.39 is 22.8 Å².